The van der Waals surface area contributed by atoms with Crippen LogP contribution in [0.2, 0.25) is 5.02 Å². The van der Waals surface area contributed by atoms with E-state index in [9.17, 15) is 4.79 Å². The first-order valence-corrected chi connectivity index (χ1v) is 4.68. The van der Waals surface area contributed by atoms with E-state index in [1.54, 1.807) is 24.3 Å². The Kier molecular flexibility index (Phi) is 4.36. The minimum Gasteiger partial charge on any atom is -0.396 e. The predicted molar refractivity (Wildman–Crippen MR) is 57.6 cm³/mol. The first-order chi connectivity index (χ1) is 6.77. The summed E-state index contributed by atoms with van der Waals surface area (Å²) in [5.41, 5.74) is 1.38. The molecule has 1 rings (SSSR count). The van der Waals surface area contributed by atoms with E-state index in [0.29, 0.717) is 17.0 Å². The van der Waals surface area contributed by atoms with Crippen LogP contribution in [0, 0.1) is 0 Å². The predicted octanol–water partition coefficient (Wildman–Crippen LogP) is 2.55. The van der Waals surface area contributed by atoms with Gasteiger partial charge in [0.2, 0.25) is 0 Å². The molecule has 0 bridgehead atoms. The molecule has 0 aromatic heterocycles. The van der Waals surface area contributed by atoms with E-state index in [-0.39, 0.29) is 6.61 Å². The highest BCUT2D eigenvalue weighted by Gasteiger charge is 1.98. The minimum atomic E-state index is 0.112. The molecule has 1 N–H and O–H groups in total. The molecular formula is C11H11ClO2. The van der Waals surface area contributed by atoms with E-state index < -0.39 is 0 Å². The molecule has 3 heteroatoms. The summed E-state index contributed by atoms with van der Waals surface area (Å²) in [4.78, 5) is 10.7. The number of hydrogen-bond acceptors (Lipinski definition) is 2. The summed E-state index contributed by atoms with van der Waals surface area (Å²) in [5, 5.41) is 9.12. The van der Waals surface area contributed by atoms with Crippen LogP contribution in [-0.4, -0.2) is 18.0 Å². The second-order valence-electron chi connectivity index (χ2n) is 2.81. The molecule has 14 heavy (non-hydrogen) atoms. The summed E-state index contributed by atoms with van der Waals surface area (Å²) < 4.78 is 0. The van der Waals surface area contributed by atoms with Gasteiger partial charge in [-0.25, -0.2) is 0 Å². The summed E-state index contributed by atoms with van der Waals surface area (Å²) in [6, 6.07) is 5.13. The van der Waals surface area contributed by atoms with E-state index in [1.165, 1.54) is 0 Å². The fourth-order valence-corrected chi connectivity index (χ4v) is 1.26. The van der Waals surface area contributed by atoms with E-state index >= 15 is 0 Å². The van der Waals surface area contributed by atoms with Crippen molar-refractivity contribution in [2.45, 2.75) is 6.42 Å². The van der Waals surface area contributed by atoms with Crippen molar-refractivity contribution in [1.29, 1.82) is 0 Å². The highest BCUT2D eigenvalue weighted by Crippen LogP contribution is 2.15. The smallest absolute Gasteiger partial charge is 0.150 e. The van der Waals surface area contributed by atoms with Crippen LogP contribution >= 0.6 is 11.6 Å². The lowest BCUT2D eigenvalue weighted by atomic mass is 10.1. The lowest BCUT2D eigenvalue weighted by Gasteiger charge is -1.98. The van der Waals surface area contributed by atoms with Gasteiger partial charge in [-0.2, -0.15) is 0 Å². The second-order valence-corrected chi connectivity index (χ2v) is 3.24. The van der Waals surface area contributed by atoms with Gasteiger partial charge in [0.1, 0.15) is 0 Å². The van der Waals surface area contributed by atoms with Gasteiger partial charge >= 0.3 is 0 Å². The molecule has 1 aromatic carbocycles. The van der Waals surface area contributed by atoms with E-state index in [0.717, 1.165) is 11.8 Å². The molecule has 0 aliphatic heterocycles. The zero-order chi connectivity index (χ0) is 10.4. The van der Waals surface area contributed by atoms with Crippen molar-refractivity contribution >= 4 is 24.0 Å². The van der Waals surface area contributed by atoms with Crippen molar-refractivity contribution in [1.82, 2.24) is 0 Å². The number of carbonyl (C=O) groups is 1. The zero-order valence-corrected chi connectivity index (χ0v) is 8.37. The average molecular weight is 211 g/mol. The molecule has 0 radical (unpaired) electrons. The number of benzene rings is 1. The molecule has 0 saturated heterocycles. The number of aldehydes is 1. The van der Waals surface area contributed by atoms with Gasteiger partial charge in [0.25, 0.3) is 0 Å². The maximum absolute atomic E-state index is 10.7. The van der Waals surface area contributed by atoms with Crippen LogP contribution in [-0.2, 0) is 0 Å². The summed E-state index contributed by atoms with van der Waals surface area (Å²) >= 11 is 5.73. The zero-order valence-electron chi connectivity index (χ0n) is 7.61. The molecular weight excluding hydrogens is 200 g/mol. The molecule has 0 saturated carbocycles. The fourth-order valence-electron chi connectivity index (χ4n) is 1.08. The van der Waals surface area contributed by atoms with Crippen LogP contribution < -0.4 is 0 Å². The number of aliphatic hydroxyl groups excluding tert-OH is 1. The van der Waals surface area contributed by atoms with Crippen molar-refractivity contribution in [3.8, 4) is 0 Å². The Balaban J connectivity index is 2.90. The summed E-state index contributed by atoms with van der Waals surface area (Å²) in [6.07, 6.45) is 4.97. The Morgan fingerprint density at radius 1 is 1.36 bits per heavy atom. The van der Waals surface area contributed by atoms with Crippen molar-refractivity contribution < 1.29 is 9.90 Å². The normalized spacial score (nSPS) is 10.7. The molecule has 0 atom stereocenters. The number of rotatable bonds is 4. The maximum atomic E-state index is 10.7. The van der Waals surface area contributed by atoms with Crippen molar-refractivity contribution in [3.63, 3.8) is 0 Å². The Labute approximate surface area is 87.8 Å². The van der Waals surface area contributed by atoms with Crippen molar-refractivity contribution in [3.05, 3.63) is 40.4 Å². The first-order valence-electron chi connectivity index (χ1n) is 4.30. The lowest BCUT2D eigenvalue weighted by molar-refractivity contribution is 0.112. The third-order valence-corrected chi connectivity index (χ3v) is 2.00. The second kappa shape index (κ2) is 5.58. The van der Waals surface area contributed by atoms with Gasteiger partial charge in [-0.1, -0.05) is 29.8 Å². The topological polar surface area (TPSA) is 37.3 Å². The van der Waals surface area contributed by atoms with Gasteiger partial charge in [0.05, 0.1) is 0 Å². The molecule has 0 heterocycles. The molecule has 1 aromatic rings. The number of carbonyl (C=O) groups excluding carboxylic acids is 1. The molecule has 0 aliphatic carbocycles. The van der Waals surface area contributed by atoms with Crippen LogP contribution in [0.5, 0.6) is 0 Å². The highest BCUT2D eigenvalue weighted by molar-refractivity contribution is 6.30. The van der Waals surface area contributed by atoms with Gasteiger partial charge in [0, 0.05) is 17.2 Å². The van der Waals surface area contributed by atoms with Crippen LogP contribution in [0.25, 0.3) is 6.08 Å². The van der Waals surface area contributed by atoms with Crippen LogP contribution in [0.15, 0.2) is 24.3 Å². The largest absolute Gasteiger partial charge is 0.396 e. The summed E-state index contributed by atoms with van der Waals surface area (Å²) in [5.74, 6) is 0. The van der Waals surface area contributed by atoms with Gasteiger partial charge in [-0.05, 0) is 24.1 Å². The SMILES string of the molecule is O=Cc1cc(Cl)ccc1C=CCCO. The molecule has 0 spiro atoms. The average Bonchev–Trinajstić information content (AvgIpc) is 2.20. The van der Waals surface area contributed by atoms with Crippen molar-refractivity contribution in [2.75, 3.05) is 6.61 Å². The van der Waals surface area contributed by atoms with Crippen LogP contribution in [0.1, 0.15) is 22.3 Å². The lowest BCUT2D eigenvalue weighted by Crippen LogP contribution is -1.85. The Morgan fingerprint density at radius 2 is 2.14 bits per heavy atom. The molecule has 0 aliphatic rings. The summed E-state index contributed by atoms with van der Waals surface area (Å²) in [6.45, 7) is 0.112. The Hall–Kier alpha value is -1.12. The third kappa shape index (κ3) is 2.98. The Morgan fingerprint density at radius 3 is 2.79 bits per heavy atom. The fraction of sp³-hybridized carbons (Fsp3) is 0.182. The molecule has 0 unspecified atom stereocenters. The number of halogens is 1. The van der Waals surface area contributed by atoms with Gasteiger partial charge in [-0.15, -0.1) is 0 Å². The summed E-state index contributed by atoms with van der Waals surface area (Å²) in [7, 11) is 0. The minimum absolute atomic E-state index is 0.112. The monoisotopic (exact) mass is 210 g/mol. The highest BCUT2D eigenvalue weighted by atomic mass is 35.5. The van der Waals surface area contributed by atoms with E-state index in [2.05, 4.69) is 0 Å². The number of aliphatic hydroxyl groups is 1. The first kappa shape index (κ1) is 11.0. The van der Waals surface area contributed by atoms with E-state index in [1.807, 2.05) is 6.08 Å². The standard InChI is InChI=1S/C11H11ClO2/c12-11-5-4-9(3-1-2-6-13)10(7-11)8-14/h1,3-5,7-8,13H,2,6H2. The van der Waals surface area contributed by atoms with Crippen LogP contribution in [0.3, 0.4) is 0 Å². The quantitative estimate of drug-likeness (QED) is 0.776. The van der Waals surface area contributed by atoms with Gasteiger partial charge in [0.15, 0.2) is 6.29 Å². The molecule has 0 fully saturated rings. The van der Waals surface area contributed by atoms with Gasteiger partial charge in [-0.3, -0.25) is 4.79 Å². The van der Waals surface area contributed by atoms with Crippen LogP contribution in [0.4, 0.5) is 0 Å². The maximum Gasteiger partial charge on any atom is 0.150 e. The number of hydrogen-bond donors (Lipinski definition) is 1. The third-order valence-electron chi connectivity index (χ3n) is 1.77. The van der Waals surface area contributed by atoms with E-state index in [4.69, 9.17) is 16.7 Å². The van der Waals surface area contributed by atoms with Gasteiger partial charge < -0.3 is 5.11 Å². The molecule has 2 nitrogen and oxygen atoms in total. The molecule has 0 amide bonds. The molecule has 74 valence electrons. The Bertz CT molecular complexity index is 345. The van der Waals surface area contributed by atoms with Crippen molar-refractivity contribution in [2.24, 2.45) is 0 Å².